The van der Waals surface area contributed by atoms with Crippen LogP contribution in [-0.2, 0) is 0 Å². The van der Waals surface area contributed by atoms with Crippen LogP contribution in [0.5, 0.6) is 0 Å². The van der Waals surface area contributed by atoms with Gasteiger partial charge in [0.2, 0.25) is 0 Å². The fourth-order valence-corrected chi connectivity index (χ4v) is 3.22. The van der Waals surface area contributed by atoms with E-state index >= 15 is 0 Å². The summed E-state index contributed by atoms with van der Waals surface area (Å²) >= 11 is 0. The molecule has 1 aromatic carbocycles. The van der Waals surface area contributed by atoms with Crippen LogP contribution in [0.15, 0.2) is 18.2 Å². The molecule has 0 heterocycles. The molecule has 0 aromatic heterocycles. The lowest BCUT2D eigenvalue weighted by molar-refractivity contribution is -0.384. The number of anilines is 1. The summed E-state index contributed by atoms with van der Waals surface area (Å²) in [5.41, 5.74) is 5.35. The summed E-state index contributed by atoms with van der Waals surface area (Å²) < 4.78 is 0. The fraction of sp³-hybridized carbons (Fsp3) is 0.533. The summed E-state index contributed by atoms with van der Waals surface area (Å²) in [4.78, 5) is 22.8. The highest BCUT2D eigenvalue weighted by atomic mass is 16.6. The molecule has 1 saturated carbocycles. The van der Waals surface area contributed by atoms with Crippen molar-refractivity contribution in [3.8, 4) is 0 Å². The quantitative estimate of drug-likeness (QED) is 0.506. The van der Waals surface area contributed by atoms with Gasteiger partial charge in [0.25, 0.3) is 5.91 Å². The Hall–Kier alpha value is -2.11. The van der Waals surface area contributed by atoms with Gasteiger partial charge in [-0.3, -0.25) is 14.9 Å². The Kier molecular flexibility index (Phi) is 4.45. The monoisotopic (exact) mass is 291 g/mol. The van der Waals surface area contributed by atoms with Crippen LogP contribution in [0.4, 0.5) is 11.4 Å². The van der Waals surface area contributed by atoms with Crippen molar-refractivity contribution in [1.82, 2.24) is 5.32 Å². The van der Waals surface area contributed by atoms with Crippen molar-refractivity contribution in [2.24, 2.45) is 11.8 Å². The maximum absolute atomic E-state index is 12.3. The molecule has 0 bridgehead atoms. The van der Waals surface area contributed by atoms with Gasteiger partial charge in [0.1, 0.15) is 11.3 Å². The molecule has 6 heteroatoms. The second-order valence-corrected chi connectivity index (χ2v) is 5.69. The van der Waals surface area contributed by atoms with Gasteiger partial charge < -0.3 is 11.1 Å². The topological polar surface area (TPSA) is 98.3 Å². The molecule has 1 amide bonds. The molecule has 0 aliphatic heterocycles. The number of nitrogens with one attached hydrogen (secondary N) is 1. The molecule has 1 fully saturated rings. The molecular weight excluding hydrogens is 270 g/mol. The number of para-hydroxylation sites is 1. The summed E-state index contributed by atoms with van der Waals surface area (Å²) in [6, 6.07) is 4.51. The zero-order valence-electron chi connectivity index (χ0n) is 12.3. The summed E-state index contributed by atoms with van der Waals surface area (Å²) in [5, 5.41) is 14.0. The maximum atomic E-state index is 12.3. The number of nitrogen functional groups attached to an aromatic ring is 1. The molecule has 6 nitrogen and oxygen atoms in total. The number of carbonyl (C=O) groups is 1. The molecule has 3 unspecified atom stereocenters. The number of hydrogen-bond acceptors (Lipinski definition) is 4. The predicted octanol–water partition coefficient (Wildman–Crippen LogP) is 2.73. The molecule has 0 spiro atoms. The molecule has 21 heavy (non-hydrogen) atoms. The van der Waals surface area contributed by atoms with E-state index in [2.05, 4.69) is 19.2 Å². The molecule has 1 aromatic rings. The van der Waals surface area contributed by atoms with E-state index in [9.17, 15) is 14.9 Å². The second-order valence-electron chi connectivity index (χ2n) is 5.69. The van der Waals surface area contributed by atoms with Gasteiger partial charge in [0, 0.05) is 6.04 Å². The Morgan fingerprint density at radius 1 is 1.48 bits per heavy atom. The van der Waals surface area contributed by atoms with E-state index in [4.69, 9.17) is 5.73 Å². The van der Waals surface area contributed by atoms with Crippen LogP contribution >= 0.6 is 0 Å². The summed E-state index contributed by atoms with van der Waals surface area (Å²) in [7, 11) is 0. The summed E-state index contributed by atoms with van der Waals surface area (Å²) in [6.45, 7) is 4.27. The molecular formula is C15H21N3O3. The van der Waals surface area contributed by atoms with Crippen molar-refractivity contribution in [2.45, 2.75) is 39.2 Å². The Morgan fingerprint density at radius 3 is 2.76 bits per heavy atom. The van der Waals surface area contributed by atoms with Gasteiger partial charge in [-0.15, -0.1) is 0 Å². The molecule has 0 radical (unpaired) electrons. The first-order valence-corrected chi connectivity index (χ1v) is 7.29. The number of carbonyl (C=O) groups excluding carboxylic acids is 1. The average Bonchev–Trinajstić information content (AvgIpc) is 2.78. The Labute approximate surface area is 123 Å². The van der Waals surface area contributed by atoms with Crippen LogP contribution in [-0.4, -0.2) is 16.9 Å². The first-order chi connectivity index (χ1) is 9.95. The lowest BCUT2D eigenvalue weighted by Gasteiger charge is -2.21. The number of hydrogen-bond donors (Lipinski definition) is 2. The van der Waals surface area contributed by atoms with Crippen LogP contribution in [0.3, 0.4) is 0 Å². The fourth-order valence-electron chi connectivity index (χ4n) is 3.22. The molecule has 3 atom stereocenters. The molecule has 3 N–H and O–H groups in total. The minimum atomic E-state index is -0.600. The molecule has 0 saturated heterocycles. The number of nitro groups is 1. The number of nitrogens with zero attached hydrogens (tertiary/aromatic N) is 1. The van der Waals surface area contributed by atoms with Gasteiger partial charge in [-0.2, -0.15) is 0 Å². The lowest BCUT2D eigenvalue weighted by atomic mass is 9.93. The minimum absolute atomic E-state index is 0.0126. The van der Waals surface area contributed by atoms with E-state index in [1.807, 2.05) is 0 Å². The van der Waals surface area contributed by atoms with Crippen LogP contribution < -0.4 is 11.1 Å². The summed E-state index contributed by atoms with van der Waals surface area (Å²) in [5.74, 6) is 0.577. The van der Waals surface area contributed by atoms with Gasteiger partial charge >= 0.3 is 5.69 Å². The van der Waals surface area contributed by atoms with E-state index in [1.165, 1.54) is 12.1 Å². The van der Waals surface area contributed by atoms with Gasteiger partial charge in [0.05, 0.1) is 4.92 Å². The zero-order chi connectivity index (χ0) is 15.6. The van der Waals surface area contributed by atoms with Crippen LogP contribution in [0.2, 0.25) is 0 Å². The SMILES string of the molecule is CCC1CCC(NC(=O)c2cccc(N)c2[N+](=O)[O-])C1C. The third kappa shape index (κ3) is 2.99. The highest BCUT2D eigenvalue weighted by molar-refractivity contribution is 6.00. The van der Waals surface area contributed by atoms with Gasteiger partial charge in [-0.25, -0.2) is 0 Å². The standard InChI is InChI=1S/C15H21N3O3/c1-3-10-7-8-13(9(10)2)17-15(19)11-5-4-6-12(16)14(11)18(20)21/h4-6,9-10,13H,3,7-8,16H2,1-2H3,(H,17,19). The average molecular weight is 291 g/mol. The van der Waals surface area contributed by atoms with Crippen molar-refractivity contribution in [3.05, 3.63) is 33.9 Å². The lowest BCUT2D eigenvalue weighted by Crippen LogP contribution is -2.37. The highest BCUT2D eigenvalue weighted by Crippen LogP contribution is 2.34. The first kappa shape index (κ1) is 15.3. The number of nitrogens with two attached hydrogens (primary N) is 1. The molecule has 2 rings (SSSR count). The van der Waals surface area contributed by atoms with Crippen LogP contribution in [0.1, 0.15) is 43.5 Å². The van der Waals surface area contributed by atoms with E-state index in [0.29, 0.717) is 11.8 Å². The van der Waals surface area contributed by atoms with E-state index in [-0.39, 0.29) is 23.0 Å². The van der Waals surface area contributed by atoms with Crippen molar-refractivity contribution in [2.75, 3.05) is 5.73 Å². The molecule has 1 aliphatic rings. The Bertz CT molecular complexity index is 559. The van der Waals surface area contributed by atoms with Gasteiger partial charge in [-0.1, -0.05) is 26.3 Å². The predicted molar refractivity (Wildman–Crippen MR) is 80.9 cm³/mol. The largest absolute Gasteiger partial charge is 0.393 e. The Morgan fingerprint density at radius 2 is 2.19 bits per heavy atom. The smallest absolute Gasteiger partial charge is 0.304 e. The maximum Gasteiger partial charge on any atom is 0.304 e. The molecule has 114 valence electrons. The zero-order valence-corrected chi connectivity index (χ0v) is 12.3. The van der Waals surface area contributed by atoms with E-state index < -0.39 is 10.8 Å². The second kappa shape index (κ2) is 6.11. The van der Waals surface area contributed by atoms with Crippen LogP contribution in [0, 0.1) is 22.0 Å². The van der Waals surface area contributed by atoms with Gasteiger partial charge in [-0.05, 0) is 36.8 Å². The number of rotatable bonds is 4. The van der Waals surface area contributed by atoms with Gasteiger partial charge in [0.15, 0.2) is 0 Å². The third-order valence-electron chi connectivity index (χ3n) is 4.56. The van der Waals surface area contributed by atoms with Crippen molar-refractivity contribution in [1.29, 1.82) is 0 Å². The summed E-state index contributed by atoms with van der Waals surface area (Å²) in [6.07, 6.45) is 3.09. The highest BCUT2D eigenvalue weighted by Gasteiger charge is 2.34. The van der Waals surface area contributed by atoms with E-state index in [1.54, 1.807) is 6.07 Å². The van der Waals surface area contributed by atoms with Crippen molar-refractivity contribution in [3.63, 3.8) is 0 Å². The Balaban J connectivity index is 2.19. The normalized spacial score (nSPS) is 24.8. The van der Waals surface area contributed by atoms with Crippen molar-refractivity contribution < 1.29 is 9.72 Å². The van der Waals surface area contributed by atoms with Crippen molar-refractivity contribution >= 4 is 17.3 Å². The van der Waals surface area contributed by atoms with E-state index in [0.717, 1.165) is 19.3 Å². The number of nitro benzene ring substituents is 1. The first-order valence-electron chi connectivity index (χ1n) is 7.29. The minimum Gasteiger partial charge on any atom is -0.393 e. The molecule has 1 aliphatic carbocycles. The third-order valence-corrected chi connectivity index (χ3v) is 4.56. The van der Waals surface area contributed by atoms with Crippen LogP contribution in [0.25, 0.3) is 0 Å². The number of amides is 1. The number of benzene rings is 1.